The van der Waals surface area contributed by atoms with E-state index in [1.165, 1.54) is 18.4 Å². The first kappa shape index (κ1) is 16.9. The number of fused-ring (bicyclic) bond motifs is 1. The second-order valence-electron chi connectivity index (χ2n) is 6.37. The summed E-state index contributed by atoms with van der Waals surface area (Å²) in [5, 5.41) is 19.5. The number of phenolic OH excluding ortho intramolecular Hbond substituents is 2. The van der Waals surface area contributed by atoms with Crippen LogP contribution in [0.25, 0.3) is 22.1 Å². The van der Waals surface area contributed by atoms with Gasteiger partial charge in [0.15, 0.2) is 16.9 Å². The van der Waals surface area contributed by atoms with Crippen LogP contribution >= 0.6 is 0 Å². The van der Waals surface area contributed by atoms with Crippen LogP contribution in [0.5, 0.6) is 17.2 Å². The first-order valence-corrected chi connectivity index (χ1v) is 8.16. The van der Waals surface area contributed by atoms with E-state index in [1.54, 1.807) is 24.3 Å². The summed E-state index contributed by atoms with van der Waals surface area (Å²) in [4.78, 5) is 12.7. The Morgan fingerprint density at radius 2 is 1.88 bits per heavy atom. The van der Waals surface area contributed by atoms with Gasteiger partial charge >= 0.3 is 0 Å². The molecule has 2 N–H and O–H groups in total. The molecular weight excluding hydrogens is 320 g/mol. The van der Waals surface area contributed by atoms with Crippen LogP contribution < -0.4 is 10.2 Å². The standard InChI is InChI=1S/C20H20O5/c1-12(2)7-8-24-14-4-5-15-19(10-14)25-11-16(20(15)23)13-3-6-17(21)18(22)9-13/h3-6,9-12,21-22H,7-8H2,1-2H3. The normalized spacial score (nSPS) is 11.2. The molecule has 0 aliphatic heterocycles. The molecule has 1 heterocycles. The molecule has 3 rings (SSSR count). The lowest BCUT2D eigenvalue weighted by atomic mass is 10.0. The molecule has 0 radical (unpaired) electrons. The van der Waals surface area contributed by atoms with E-state index in [0.717, 1.165) is 6.42 Å². The smallest absolute Gasteiger partial charge is 0.200 e. The molecule has 5 nitrogen and oxygen atoms in total. The Morgan fingerprint density at radius 1 is 1.08 bits per heavy atom. The van der Waals surface area contributed by atoms with Gasteiger partial charge in [0.05, 0.1) is 17.6 Å². The molecule has 25 heavy (non-hydrogen) atoms. The van der Waals surface area contributed by atoms with E-state index in [1.807, 2.05) is 0 Å². The van der Waals surface area contributed by atoms with Crippen LogP contribution in [0.15, 0.2) is 51.9 Å². The van der Waals surface area contributed by atoms with Crippen LogP contribution in [-0.2, 0) is 0 Å². The lowest BCUT2D eigenvalue weighted by Gasteiger charge is -2.09. The quantitative estimate of drug-likeness (QED) is 0.677. The lowest BCUT2D eigenvalue weighted by Crippen LogP contribution is -2.05. The largest absolute Gasteiger partial charge is 0.504 e. The average Bonchev–Trinajstić information content (AvgIpc) is 2.57. The number of hydrogen-bond acceptors (Lipinski definition) is 5. The molecule has 2 aromatic carbocycles. The topological polar surface area (TPSA) is 79.9 Å². The van der Waals surface area contributed by atoms with Crippen molar-refractivity contribution in [3.05, 3.63) is 52.9 Å². The highest BCUT2D eigenvalue weighted by atomic mass is 16.5. The van der Waals surface area contributed by atoms with Crippen molar-refractivity contribution < 1.29 is 19.4 Å². The highest BCUT2D eigenvalue weighted by molar-refractivity contribution is 5.83. The molecule has 5 heteroatoms. The molecule has 0 bridgehead atoms. The van der Waals surface area contributed by atoms with E-state index in [2.05, 4.69) is 13.8 Å². The van der Waals surface area contributed by atoms with Crippen molar-refractivity contribution in [1.82, 2.24) is 0 Å². The first-order chi connectivity index (χ1) is 12.0. The van der Waals surface area contributed by atoms with Crippen LogP contribution in [0.4, 0.5) is 0 Å². The lowest BCUT2D eigenvalue weighted by molar-refractivity contribution is 0.289. The van der Waals surface area contributed by atoms with Crippen LogP contribution in [0.1, 0.15) is 20.3 Å². The third kappa shape index (κ3) is 3.60. The van der Waals surface area contributed by atoms with Crippen LogP contribution in [-0.4, -0.2) is 16.8 Å². The Bertz CT molecular complexity index is 956. The van der Waals surface area contributed by atoms with Crippen molar-refractivity contribution in [1.29, 1.82) is 0 Å². The van der Waals surface area contributed by atoms with E-state index in [-0.39, 0.29) is 16.9 Å². The summed E-state index contributed by atoms with van der Waals surface area (Å²) in [6, 6.07) is 9.34. The van der Waals surface area contributed by atoms with Gasteiger partial charge in [0.25, 0.3) is 0 Å². The molecule has 0 spiro atoms. The molecule has 130 valence electrons. The molecule has 1 aromatic heterocycles. The molecule has 0 amide bonds. The van der Waals surface area contributed by atoms with Gasteiger partial charge in [-0.2, -0.15) is 0 Å². The van der Waals surface area contributed by atoms with Crippen molar-refractivity contribution in [2.24, 2.45) is 5.92 Å². The zero-order chi connectivity index (χ0) is 18.0. The van der Waals surface area contributed by atoms with Crippen molar-refractivity contribution in [3.63, 3.8) is 0 Å². The fourth-order valence-electron chi connectivity index (χ4n) is 2.50. The Hall–Kier alpha value is -2.95. The van der Waals surface area contributed by atoms with Gasteiger partial charge in [-0.1, -0.05) is 19.9 Å². The van der Waals surface area contributed by atoms with Gasteiger partial charge in [-0.15, -0.1) is 0 Å². The number of hydrogen-bond donors (Lipinski definition) is 2. The zero-order valence-corrected chi connectivity index (χ0v) is 14.2. The van der Waals surface area contributed by atoms with Crippen LogP contribution in [0.3, 0.4) is 0 Å². The minimum absolute atomic E-state index is 0.208. The monoisotopic (exact) mass is 340 g/mol. The van der Waals surface area contributed by atoms with Crippen molar-refractivity contribution in [2.45, 2.75) is 20.3 Å². The third-order valence-corrected chi connectivity index (χ3v) is 4.00. The Morgan fingerprint density at radius 3 is 2.60 bits per heavy atom. The first-order valence-electron chi connectivity index (χ1n) is 8.16. The van der Waals surface area contributed by atoms with E-state index >= 15 is 0 Å². The minimum atomic E-state index is -0.286. The SMILES string of the molecule is CC(C)CCOc1ccc2c(=O)c(-c3ccc(O)c(O)c3)coc2c1. The van der Waals surface area contributed by atoms with Crippen molar-refractivity contribution >= 4 is 11.0 Å². The molecular formula is C20H20O5. The third-order valence-electron chi connectivity index (χ3n) is 4.00. The molecule has 0 fully saturated rings. The predicted octanol–water partition coefficient (Wildman–Crippen LogP) is 4.30. The van der Waals surface area contributed by atoms with E-state index in [4.69, 9.17) is 9.15 Å². The number of ether oxygens (including phenoxy) is 1. The van der Waals surface area contributed by atoms with E-state index in [0.29, 0.717) is 40.4 Å². The average molecular weight is 340 g/mol. The maximum atomic E-state index is 12.7. The maximum absolute atomic E-state index is 12.7. The van der Waals surface area contributed by atoms with E-state index < -0.39 is 0 Å². The minimum Gasteiger partial charge on any atom is -0.504 e. The molecule has 0 aliphatic carbocycles. The van der Waals surface area contributed by atoms with Gasteiger partial charge in [0.1, 0.15) is 17.6 Å². The highest BCUT2D eigenvalue weighted by Crippen LogP contribution is 2.30. The zero-order valence-electron chi connectivity index (χ0n) is 14.2. The number of rotatable bonds is 5. The summed E-state index contributed by atoms with van der Waals surface area (Å²) in [6.07, 6.45) is 2.31. The summed E-state index contributed by atoms with van der Waals surface area (Å²) in [5.74, 6) is 0.692. The summed E-state index contributed by atoms with van der Waals surface area (Å²) in [6.45, 7) is 4.87. The molecule has 0 aliphatic rings. The van der Waals surface area contributed by atoms with Crippen molar-refractivity contribution in [2.75, 3.05) is 6.61 Å². The van der Waals surface area contributed by atoms with Crippen LogP contribution in [0.2, 0.25) is 0 Å². The second-order valence-corrected chi connectivity index (χ2v) is 6.37. The van der Waals surface area contributed by atoms with Gasteiger partial charge in [-0.05, 0) is 42.2 Å². The Balaban J connectivity index is 1.95. The summed E-state index contributed by atoms with van der Waals surface area (Å²) < 4.78 is 11.3. The van der Waals surface area contributed by atoms with Gasteiger partial charge in [0, 0.05) is 6.07 Å². The number of phenols is 2. The fraction of sp³-hybridized carbons (Fsp3) is 0.250. The van der Waals surface area contributed by atoms with Crippen molar-refractivity contribution in [3.8, 4) is 28.4 Å². The maximum Gasteiger partial charge on any atom is 0.200 e. The number of aromatic hydroxyl groups is 2. The Kier molecular flexibility index (Phi) is 4.65. The van der Waals surface area contributed by atoms with Gasteiger partial charge in [-0.3, -0.25) is 4.79 Å². The summed E-state index contributed by atoms with van der Waals surface area (Å²) in [5.41, 5.74) is 1.03. The van der Waals surface area contributed by atoms with Gasteiger partial charge < -0.3 is 19.4 Å². The highest BCUT2D eigenvalue weighted by Gasteiger charge is 2.12. The molecule has 0 saturated carbocycles. The van der Waals surface area contributed by atoms with Gasteiger partial charge in [0.2, 0.25) is 0 Å². The molecule has 3 aromatic rings. The van der Waals surface area contributed by atoms with Gasteiger partial charge in [-0.25, -0.2) is 0 Å². The predicted molar refractivity (Wildman–Crippen MR) is 96.2 cm³/mol. The second kappa shape index (κ2) is 6.89. The van der Waals surface area contributed by atoms with Crippen LogP contribution in [0, 0.1) is 5.92 Å². The molecule has 0 atom stereocenters. The van der Waals surface area contributed by atoms with E-state index in [9.17, 15) is 15.0 Å². The number of benzene rings is 2. The molecule has 0 saturated heterocycles. The molecule has 0 unspecified atom stereocenters. The Labute approximate surface area is 145 Å². The summed E-state index contributed by atoms with van der Waals surface area (Å²) in [7, 11) is 0. The fourth-order valence-corrected chi connectivity index (χ4v) is 2.50. The summed E-state index contributed by atoms with van der Waals surface area (Å²) >= 11 is 0.